The molecule has 0 bridgehead atoms. The second-order valence-corrected chi connectivity index (χ2v) is 0.0894. The van der Waals surface area contributed by atoms with E-state index in [0.29, 0.717) is 0 Å². The van der Waals surface area contributed by atoms with Gasteiger partial charge in [-0.3, -0.25) is 4.91 Å². The van der Waals surface area contributed by atoms with Gasteiger partial charge in [0.25, 0.3) is 0 Å². The van der Waals surface area contributed by atoms with Crippen molar-refractivity contribution < 1.29 is 59.1 Å². The van der Waals surface area contributed by atoms with Crippen LogP contribution in [0.2, 0.25) is 0 Å². The fourth-order valence-corrected chi connectivity index (χ4v) is 0. The molecule has 6 heteroatoms. The van der Waals surface area contributed by atoms with Crippen LogP contribution in [0.15, 0.2) is 0 Å². The molecule has 7 heavy (non-hydrogen) atoms. The third-order valence-electron chi connectivity index (χ3n) is 0. The molecule has 0 aliphatic heterocycles. The molecule has 26 valence electrons. The van der Waals surface area contributed by atoms with E-state index in [9.17, 15) is 0 Å². The number of hydrogen-bond acceptors (Lipinski definition) is 1. The summed E-state index contributed by atoms with van der Waals surface area (Å²) in [5, 5.41) is 6.25. The minimum Gasteiger partial charge on any atom is -0.512 e. The van der Waals surface area contributed by atoms with Crippen molar-refractivity contribution in [3.8, 4) is 0 Å². The van der Waals surface area contributed by atoms with Gasteiger partial charge in [0.05, 0.1) is 0 Å². The molecule has 0 aliphatic carbocycles. The largest absolute Gasteiger partial charge is 1.00 e. The van der Waals surface area contributed by atoms with Crippen LogP contribution in [0.25, 0.3) is 16.0 Å². The SMILES string of the molecule is [C-]#N.[N-]=[N+]=[N-].[Na+].[Na+]. The summed E-state index contributed by atoms with van der Waals surface area (Å²) in [6.45, 7) is 4.75. The Kier molecular flexibility index (Phi) is 252. The maximum atomic E-state index is 6.75. The molecule has 0 amide bonds. The van der Waals surface area contributed by atoms with Crippen LogP contribution in [0, 0.1) is 11.8 Å². The average molecular weight is 114 g/mol. The molecule has 0 radical (unpaired) electrons. The van der Waals surface area contributed by atoms with Crippen LogP contribution in [0.3, 0.4) is 0 Å². The van der Waals surface area contributed by atoms with Crippen molar-refractivity contribution in [2.24, 2.45) is 0 Å². The number of hydrogen-bond donors (Lipinski definition) is 0. The Balaban J connectivity index is -0.0000000105. The Morgan fingerprint density at radius 2 is 1.14 bits per heavy atom. The first kappa shape index (κ1) is 25.0. The second-order valence-electron chi connectivity index (χ2n) is 0.0894. The quantitative estimate of drug-likeness (QED) is 0.102. The smallest absolute Gasteiger partial charge is 0.512 e. The molecule has 0 N–H and O–H groups in total. The van der Waals surface area contributed by atoms with Crippen LogP contribution in [0.5, 0.6) is 0 Å². The first-order valence-electron chi connectivity index (χ1n) is 0.624. The van der Waals surface area contributed by atoms with E-state index >= 15 is 0 Å². The molecular formula is CN4Na2. The monoisotopic (exact) mass is 114 g/mol. The Morgan fingerprint density at radius 3 is 1.14 bits per heavy atom. The van der Waals surface area contributed by atoms with Crippen LogP contribution in [-0.2, 0) is 0 Å². The number of rotatable bonds is 0. The van der Waals surface area contributed by atoms with E-state index in [2.05, 4.69) is 0 Å². The molecule has 0 saturated carbocycles. The van der Waals surface area contributed by atoms with Crippen LogP contribution < -0.4 is 59.1 Å². The van der Waals surface area contributed by atoms with E-state index in [-0.39, 0.29) is 59.1 Å². The Morgan fingerprint density at radius 1 is 1.14 bits per heavy atom. The van der Waals surface area contributed by atoms with Gasteiger partial charge in [-0.2, -0.15) is 0 Å². The molecule has 0 atom stereocenters. The van der Waals surface area contributed by atoms with Gasteiger partial charge in [0, 0.05) is 0 Å². The van der Waals surface area contributed by atoms with Crippen LogP contribution in [0.4, 0.5) is 0 Å². The molecule has 0 fully saturated rings. The molecule has 0 unspecified atom stereocenters. The zero-order valence-electron chi connectivity index (χ0n) is 4.29. The zero-order valence-corrected chi connectivity index (χ0v) is 8.29. The van der Waals surface area contributed by atoms with Crippen molar-refractivity contribution in [3.63, 3.8) is 0 Å². The summed E-state index contributed by atoms with van der Waals surface area (Å²) in [4.78, 5) is 1.50. The predicted octanol–water partition coefficient (Wildman–Crippen LogP) is -5.03. The average Bonchev–Trinajstić information content (AvgIpc) is 1.46. The van der Waals surface area contributed by atoms with Crippen LogP contribution >= 0.6 is 0 Å². The molecule has 4 nitrogen and oxygen atoms in total. The van der Waals surface area contributed by atoms with Crippen LogP contribution in [-0.4, -0.2) is 0 Å². The molecule has 0 aromatic heterocycles. The topological polar surface area (TPSA) is 82.5 Å². The summed E-state index contributed by atoms with van der Waals surface area (Å²) < 4.78 is 0. The summed E-state index contributed by atoms with van der Waals surface area (Å²) in [6, 6.07) is 0. The summed E-state index contributed by atoms with van der Waals surface area (Å²) in [7, 11) is 0. The van der Waals surface area contributed by atoms with Crippen LogP contribution in [0.1, 0.15) is 0 Å². The summed E-state index contributed by atoms with van der Waals surface area (Å²) >= 11 is 0. The van der Waals surface area contributed by atoms with Crippen molar-refractivity contribution in [2.45, 2.75) is 0 Å². The van der Waals surface area contributed by atoms with Gasteiger partial charge >= 0.3 is 59.1 Å². The van der Waals surface area contributed by atoms with Crippen molar-refractivity contribution in [1.29, 1.82) is 5.26 Å². The number of nitrogens with zero attached hydrogens (tertiary/aromatic N) is 4. The van der Waals surface area contributed by atoms with Gasteiger partial charge in [0.2, 0.25) is 0 Å². The van der Waals surface area contributed by atoms with E-state index in [1.807, 2.05) is 0 Å². The van der Waals surface area contributed by atoms with E-state index in [1.165, 1.54) is 4.91 Å². The zero-order chi connectivity index (χ0) is 4.71. The second kappa shape index (κ2) is 70.6. The summed E-state index contributed by atoms with van der Waals surface area (Å²) in [6.07, 6.45) is 0. The minimum absolute atomic E-state index is 0. The summed E-state index contributed by atoms with van der Waals surface area (Å²) in [5.74, 6) is 0. The Hall–Kier alpha value is 0.800. The van der Waals surface area contributed by atoms with Gasteiger partial charge in [0.1, 0.15) is 0 Å². The van der Waals surface area contributed by atoms with Gasteiger partial charge in [-0.05, 0) is 0 Å². The standard InChI is InChI=1S/CN.N3.2Na/c1-2;1-3-2;;/q2*-1;2*+1. The molecule has 0 heterocycles. The maximum Gasteiger partial charge on any atom is 1.00 e. The molecule has 0 aliphatic rings. The molecule has 0 saturated heterocycles. The Bertz CT molecular complexity index is 52.0. The van der Waals surface area contributed by atoms with E-state index in [1.54, 1.807) is 0 Å². The van der Waals surface area contributed by atoms with Gasteiger partial charge in [-0.15, -0.1) is 0 Å². The Labute approximate surface area is 85.9 Å². The predicted molar refractivity (Wildman–Crippen MR) is 15.0 cm³/mol. The molecule has 0 rings (SSSR count). The normalized spacial score (nSPS) is 1.43. The fourth-order valence-electron chi connectivity index (χ4n) is 0. The van der Waals surface area contributed by atoms with Gasteiger partial charge in [0.15, 0.2) is 0 Å². The maximum absolute atomic E-state index is 6.75. The first-order chi connectivity index (χ1) is 2.41. The fraction of sp³-hybridized carbons (Fsp3) is 0. The van der Waals surface area contributed by atoms with Gasteiger partial charge in [-0.1, -0.05) is 0 Å². The van der Waals surface area contributed by atoms with E-state index in [0.717, 1.165) is 0 Å². The van der Waals surface area contributed by atoms with Crippen molar-refractivity contribution >= 4 is 0 Å². The molecule has 0 aromatic carbocycles. The van der Waals surface area contributed by atoms with E-state index < -0.39 is 0 Å². The molecule has 0 spiro atoms. The van der Waals surface area contributed by atoms with Crippen molar-refractivity contribution in [1.82, 2.24) is 0 Å². The van der Waals surface area contributed by atoms with Crippen molar-refractivity contribution in [3.05, 3.63) is 22.5 Å². The minimum atomic E-state index is 0. The van der Waals surface area contributed by atoms with Gasteiger partial charge < -0.3 is 22.9 Å². The molecule has 0 aromatic rings. The third-order valence-corrected chi connectivity index (χ3v) is 0. The first-order valence-corrected chi connectivity index (χ1v) is 0.624. The summed E-state index contributed by atoms with van der Waals surface area (Å²) in [5.41, 5.74) is 13.5. The van der Waals surface area contributed by atoms with E-state index in [4.69, 9.17) is 22.9 Å². The third kappa shape index (κ3) is 245. The molecular weight excluding hydrogens is 114 g/mol. The van der Waals surface area contributed by atoms with Crippen molar-refractivity contribution in [2.75, 3.05) is 0 Å². The van der Waals surface area contributed by atoms with Gasteiger partial charge in [-0.25, -0.2) is 0 Å².